The molecule has 0 atom stereocenters. The number of esters is 6. The number of carbonyl (C=O) groups is 6. The lowest BCUT2D eigenvalue weighted by atomic mass is 9.92. The molecule has 656 valence electrons. The van der Waals surface area contributed by atoms with Crippen LogP contribution in [0.4, 0.5) is 0 Å². The van der Waals surface area contributed by atoms with Crippen molar-refractivity contribution < 1.29 is 124 Å². The maximum absolute atomic E-state index is 12.2. The molecule has 0 bridgehead atoms. The van der Waals surface area contributed by atoms with E-state index in [4.69, 9.17) is 90.0 Å². The first kappa shape index (κ1) is 94.5. The van der Waals surface area contributed by atoms with Gasteiger partial charge in [-0.05, 0) is 188 Å². The van der Waals surface area contributed by atoms with E-state index >= 15 is 0 Å². The third-order valence-electron chi connectivity index (χ3n) is 19.7. The quantitative estimate of drug-likeness (QED) is 0.0308. The van der Waals surface area contributed by atoms with Crippen molar-refractivity contribution in [3.63, 3.8) is 0 Å². The Morgan fingerprint density at radius 3 is 1.17 bits per heavy atom. The van der Waals surface area contributed by atoms with E-state index in [-0.39, 0.29) is 23.8 Å². The van der Waals surface area contributed by atoms with Crippen LogP contribution in [0.1, 0.15) is 93.0 Å². The van der Waals surface area contributed by atoms with Gasteiger partial charge >= 0.3 is 35.8 Å². The number of para-hydroxylation sites is 1. The number of ether oxygens (including phenoxy) is 20. The Morgan fingerprint density at radius 2 is 0.651 bits per heavy atom. The number of hydrogen-bond donors (Lipinski definition) is 0. The molecule has 0 unspecified atom stereocenters. The van der Waals surface area contributed by atoms with E-state index in [9.17, 15) is 28.8 Å². The topological polar surface area (TPSA) is 287 Å². The van der Waals surface area contributed by atoms with Gasteiger partial charge in [-0.1, -0.05) is 98.8 Å². The molecule has 0 saturated heterocycles. The third kappa shape index (κ3) is 22.5. The van der Waals surface area contributed by atoms with Crippen LogP contribution in [0.2, 0.25) is 0 Å². The lowest BCUT2D eigenvalue weighted by Crippen LogP contribution is -2.04. The average Bonchev–Trinajstić information content (AvgIpc) is 0.762. The van der Waals surface area contributed by atoms with Crippen molar-refractivity contribution in [1.29, 1.82) is 0 Å². The fourth-order valence-corrected chi connectivity index (χ4v) is 13.7. The highest BCUT2D eigenvalue weighted by Crippen LogP contribution is 2.49. The van der Waals surface area contributed by atoms with Gasteiger partial charge in [-0.15, -0.1) is 0 Å². The van der Waals surface area contributed by atoms with Gasteiger partial charge in [-0.25, -0.2) is 28.8 Å². The Kier molecular flexibility index (Phi) is 34.1. The maximum Gasteiger partial charge on any atom is 0.338 e. The summed E-state index contributed by atoms with van der Waals surface area (Å²) in [6, 6.07) is 68.5. The molecule has 0 fully saturated rings. The van der Waals surface area contributed by atoms with Gasteiger partial charge in [0.15, 0.2) is 34.5 Å². The third-order valence-corrected chi connectivity index (χ3v) is 19.7. The van der Waals surface area contributed by atoms with Crippen molar-refractivity contribution >= 4 is 100 Å². The average molecular weight is 1720 g/mol. The summed E-state index contributed by atoms with van der Waals surface area (Å²) in [5.74, 6) is 6.37. The number of benzene rings is 14. The smallest absolute Gasteiger partial charge is 0.338 e. The van der Waals surface area contributed by atoms with Crippen LogP contribution in [0, 0.1) is 0 Å². The molecule has 0 amide bonds. The van der Waals surface area contributed by atoms with Gasteiger partial charge in [-0.3, -0.25) is 0 Å². The zero-order chi connectivity index (χ0) is 91.3. The molecule has 26 nitrogen and oxygen atoms in total. The highest BCUT2D eigenvalue weighted by Gasteiger charge is 2.26. The number of methoxy groups -OCH3 is 18. The largest absolute Gasteiger partial charge is 0.497 e. The zero-order valence-electron chi connectivity index (χ0n) is 73.8. The van der Waals surface area contributed by atoms with Crippen LogP contribution in [0.15, 0.2) is 224 Å². The fourth-order valence-electron chi connectivity index (χ4n) is 13.7. The monoisotopic (exact) mass is 1720 g/mol. The van der Waals surface area contributed by atoms with E-state index in [1.165, 1.54) is 53.4 Å². The first-order valence-electron chi connectivity index (χ1n) is 38.9. The minimum absolute atomic E-state index is 0.167. The van der Waals surface area contributed by atoms with E-state index in [2.05, 4.69) is 42.8 Å². The fraction of sp³-hybridized carbons (Fsp3) is 0.220. The van der Waals surface area contributed by atoms with E-state index in [0.29, 0.717) is 131 Å². The minimum Gasteiger partial charge on any atom is -0.497 e. The van der Waals surface area contributed by atoms with Gasteiger partial charge in [0.2, 0.25) is 11.5 Å². The Hall–Kier alpha value is -15.3. The molecule has 0 aliphatic rings. The van der Waals surface area contributed by atoms with Crippen LogP contribution in [0.25, 0.3) is 64.6 Å². The van der Waals surface area contributed by atoms with E-state index in [1.807, 2.05) is 97.1 Å². The molecule has 0 aliphatic heterocycles. The summed E-state index contributed by atoms with van der Waals surface area (Å²) >= 11 is 0. The minimum atomic E-state index is -0.458. The molecule has 14 rings (SSSR count). The molecule has 14 aromatic rings. The van der Waals surface area contributed by atoms with E-state index in [0.717, 1.165) is 60.0 Å². The summed E-state index contributed by atoms with van der Waals surface area (Å²) in [5.41, 5.74) is 4.70. The van der Waals surface area contributed by atoms with E-state index < -0.39 is 17.9 Å². The SMILES string of the molecule is COC(=O)c1cc(OC)c2c(OC)cc(OC)cc2c1.COC(=O)c1cc(OC)c2cc(OC)c(OC)c(C(C)C)c2c1.COC(=O)c1cc(OCc2ccccc2)c2c(OC)c(OC)c(OC)cc2c1.COC(=O)c1ccc2c(OC)c(OC)c(OC)cc2c1.COC(=O)c1ccc2cc3ccccc3cc2c1.COC(=O)c1cccc(Oc2ccccc2)c1. The molecule has 0 aliphatic carbocycles. The molecule has 126 heavy (non-hydrogen) atoms. The van der Waals surface area contributed by atoms with Crippen LogP contribution in [0.3, 0.4) is 0 Å². The normalized spacial score (nSPS) is 10.4. The second kappa shape index (κ2) is 45.5. The van der Waals surface area contributed by atoms with Crippen LogP contribution < -0.4 is 66.3 Å². The van der Waals surface area contributed by atoms with Crippen molar-refractivity contribution in [1.82, 2.24) is 0 Å². The molecule has 0 saturated carbocycles. The van der Waals surface area contributed by atoms with Gasteiger partial charge in [0, 0.05) is 22.4 Å². The predicted molar refractivity (Wildman–Crippen MR) is 482 cm³/mol. The molecular formula is C100H100O26. The van der Waals surface area contributed by atoms with Crippen LogP contribution >= 0.6 is 0 Å². The van der Waals surface area contributed by atoms with Gasteiger partial charge in [0.05, 0.1) is 172 Å². The number of rotatable bonds is 24. The summed E-state index contributed by atoms with van der Waals surface area (Å²) in [6.07, 6.45) is 0. The maximum atomic E-state index is 12.2. The summed E-state index contributed by atoms with van der Waals surface area (Å²) in [7, 11) is 26.9. The molecule has 0 aromatic heterocycles. The molecule has 26 heteroatoms. The van der Waals surface area contributed by atoms with Crippen molar-refractivity contribution in [3.05, 3.63) is 269 Å². The predicted octanol–water partition coefficient (Wildman–Crippen LogP) is 20.4. The lowest BCUT2D eigenvalue weighted by molar-refractivity contribution is 0.0591. The standard InChI is InChI=1S/C22H22O6.C18H22O5.C16H12O2.2C15H16O5.C14H12O3/c1-24-18-11-15-10-16(22(23)27-4)12-17(19(15)21(26-3)20(18)25-2)28-13-14-8-6-5-7-9-14;1-10(2)16-13-7-11(18(19)23-6)8-14(20-3)12(13)9-15(21-4)17(16)22-5;1-18-16(17)14-7-6-13-8-11-4-2-3-5-12(11)9-15(13)10-14;1-17-11-6-9-5-10(15(16)20-4)7-12(18-2)14(9)13(8-11)19-3;1-17-12-8-10-7-9(15(16)20-4)5-6-11(10)13(18-2)14(12)19-3;1-16-14(15)11-6-5-9-13(10-11)17-12-7-3-2-4-8-12/h5-12H,13H2,1-4H3;7-10H,1-6H3;2-10H,1H3;2*5-8H,1-4H3;2-10H,1H3. The number of fused-ring (bicyclic) bond motifs is 6. The van der Waals surface area contributed by atoms with Crippen molar-refractivity contribution in [3.8, 4) is 86.2 Å². The first-order chi connectivity index (χ1) is 61.0. The lowest BCUT2D eigenvalue weighted by Gasteiger charge is -2.20. The summed E-state index contributed by atoms with van der Waals surface area (Å²) in [5, 5.41) is 10.9. The Morgan fingerprint density at radius 1 is 0.238 bits per heavy atom. The molecule has 14 aromatic carbocycles. The van der Waals surface area contributed by atoms with E-state index in [1.54, 1.807) is 188 Å². The number of hydrogen-bond acceptors (Lipinski definition) is 26. The van der Waals surface area contributed by atoms with Gasteiger partial charge in [0.25, 0.3) is 0 Å². The molecular weight excluding hydrogens is 1620 g/mol. The van der Waals surface area contributed by atoms with Crippen LogP contribution in [-0.2, 0) is 35.0 Å². The molecule has 0 spiro atoms. The van der Waals surface area contributed by atoms with Crippen molar-refractivity contribution in [2.75, 3.05) is 128 Å². The second-order valence-electron chi connectivity index (χ2n) is 27.3. The Labute approximate surface area is 729 Å². The highest BCUT2D eigenvalue weighted by molar-refractivity contribution is 6.06. The molecule has 0 heterocycles. The highest BCUT2D eigenvalue weighted by atomic mass is 16.6. The van der Waals surface area contributed by atoms with Gasteiger partial charge in [0.1, 0.15) is 46.9 Å². The Balaban J connectivity index is 0.000000172. The Bertz CT molecular complexity index is 6180. The van der Waals surface area contributed by atoms with Gasteiger partial charge < -0.3 is 94.7 Å². The second-order valence-corrected chi connectivity index (χ2v) is 27.3. The van der Waals surface area contributed by atoms with Crippen molar-refractivity contribution in [2.45, 2.75) is 26.4 Å². The zero-order valence-corrected chi connectivity index (χ0v) is 73.8. The van der Waals surface area contributed by atoms with Gasteiger partial charge in [-0.2, -0.15) is 0 Å². The van der Waals surface area contributed by atoms with Crippen molar-refractivity contribution in [2.24, 2.45) is 0 Å². The molecule has 0 N–H and O–H groups in total. The summed E-state index contributed by atoms with van der Waals surface area (Å²) in [4.78, 5) is 70.2. The molecule has 0 radical (unpaired) electrons. The van der Waals surface area contributed by atoms with Crippen LogP contribution in [0.5, 0.6) is 86.2 Å². The summed E-state index contributed by atoms with van der Waals surface area (Å²) < 4.78 is 105. The first-order valence-corrected chi connectivity index (χ1v) is 38.9. The summed E-state index contributed by atoms with van der Waals surface area (Å²) in [6.45, 7) is 4.46. The van der Waals surface area contributed by atoms with Crippen LogP contribution in [-0.4, -0.2) is 164 Å². The number of carbonyl (C=O) groups excluding carboxylic acids is 6.